The predicted molar refractivity (Wildman–Crippen MR) is 58.1 cm³/mol. The average molecular weight is 248 g/mol. The molecule has 0 amide bonds. The van der Waals surface area contributed by atoms with E-state index in [1.165, 1.54) is 19.2 Å². The summed E-state index contributed by atoms with van der Waals surface area (Å²) in [6, 6.07) is 4.91. The SMILES string of the molecule is COCC(Cc1ccc(C(F)(F)F)cc1)NN. The third kappa shape index (κ3) is 4.33. The summed E-state index contributed by atoms with van der Waals surface area (Å²) in [7, 11) is 1.54. The second-order valence-electron chi connectivity index (χ2n) is 3.72. The van der Waals surface area contributed by atoms with Crippen molar-refractivity contribution in [2.45, 2.75) is 18.6 Å². The highest BCUT2D eigenvalue weighted by Crippen LogP contribution is 2.29. The number of halogens is 3. The van der Waals surface area contributed by atoms with Crippen LogP contribution in [0.4, 0.5) is 13.2 Å². The van der Waals surface area contributed by atoms with Crippen molar-refractivity contribution < 1.29 is 17.9 Å². The number of rotatable bonds is 5. The number of alkyl halides is 3. The number of nitrogens with two attached hydrogens (primary N) is 1. The number of hydrogen-bond acceptors (Lipinski definition) is 3. The average Bonchev–Trinajstić information content (AvgIpc) is 2.28. The number of methoxy groups -OCH3 is 1. The number of nitrogens with one attached hydrogen (secondary N) is 1. The summed E-state index contributed by atoms with van der Waals surface area (Å²) in [5.74, 6) is 5.30. The first kappa shape index (κ1) is 14.0. The molecule has 1 atom stereocenters. The standard InChI is InChI=1S/C11H15F3N2O/c1-17-7-10(16-15)6-8-2-4-9(5-3-8)11(12,13)14/h2-5,10,16H,6-7,15H2,1H3. The molecule has 0 heterocycles. The lowest BCUT2D eigenvalue weighted by Gasteiger charge is -2.15. The van der Waals surface area contributed by atoms with E-state index >= 15 is 0 Å². The van der Waals surface area contributed by atoms with Crippen LogP contribution in [0.2, 0.25) is 0 Å². The molecule has 0 saturated carbocycles. The third-order valence-corrected chi connectivity index (χ3v) is 2.37. The second kappa shape index (κ2) is 6.00. The highest BCUT2D eigenvalue weighted by molar-refractivity contribution is 5.25. The van der Waals surface area contributed by atoms with Crippen LogP contribution in [0.5, 0.6) is 0 Å². The lowest BCUT2D eigenvalue weighted by atomic mass is 10.0. The van der Waals surface area contributed by atoms with Gasteiger partial charge in [-0.05, 0) is 24.1 Å². The van der Waals surface area contributed by atoms with E-state index in [1.54, 1.807) is 0 Å². The van der Waals surface area contributed by atoms with E-state index in [2.05, 4.69) is 5.43 Å². The van der Waals surface area contributed by atoms with Gasteiger partial charge in [-0.15, -0.1) is 0 Å². The Morgan fingerprint density at radius 1 is 1.29 bits per heavy atom. The number of hydrazine groups is 1. The maximum Gasteiger partial charge on any atom is 0.416 e. The highest BCUT2D eigenvalue weighted by Gasteiger charge is 2.29. The van der Waals surface area contributed by atoms with Gasteiger partial charge < -0.3 is 4.74 Å². The number of benzene rings is 1. The van der Waals surface area contributed by atoms with Crippen LogP contribution in [0.25, 0.3) is 0 Å². The summed E-state index contributed by atoms with van der Waals surface area (Å²) >= 11 is 0. The Bertz CT molecular complexity index is 338. The molecule has 0 radical (unpaired) electrons. The van der Waals surface area contributed by atoms with Gasteiger partial charge >= 0.3 is 6.18 Å². The zero-order chi connectivity index (χ0) is 12.9. The molecule has 1 aromatic carbocycles. The molecule has 0 aliphatic heterocycles. The first-order chi connectivity index (χ1) is 7.97. The first-order valence-corrected chi connectivity index (χ1v) is 5.08. The van der Waals surface area contributed by atoms with Crippen molar-refractivity contribution in [3.8, 4) is 0 Å². The minimum absolute atomic E-state index is 0.114. The fourth-order valence-corrected chi connectivity index (χ4v) is 1.48. The van der Waals surface area contributed by atoms with E-state index in [0.717, 1.165) is 17.7 Å². The largest absolute Gasteiger partial charge is 0.416 e. The molecule has 0 aliphatic rings. The Morgan fingerprint density at radius 3 is 2.29 bits per heavy atom. The molecule has 1 aromatic rings. The third-order valence-electron chi connectivity index (χ3n) is 2.37. The second-order valence-corrected chi connectivity index (χ2v) is 3.72. The summed E-state index contributed by atoms with van der Waals surface area (Å²) in [5, 5.41) is 0. The van der Waals surface area contributed by atoms with Gasteiger partial charge in [0, 0.05) is 13.2 Å². The maximum atomic E-state index is 12.3. The van der Waals surface area contributed by atoms with Gasteiger partial charge in [-0.25, -0.2) is 0 Å². The molecule has 1 rings (SSSR count). The van der Waals surface area contributed by atoms with Gasteiger partial charge in [0.15, 0.2) is 0 Å². The molecule has 0 fully saturated rings. The van der Waals surface area contributed by atoms with Crippen molar-refractivity contribution in [3.05, 3.63) is 35.4 Å². The first-order valence-electron chi connectivity index (χ1n) is 5.08. The van der Waals surface area contributed by atoms with Crippen LogP contribution in [-0.4, -0.2) is 19.8 Å². The van der Waals surface area contributed by atoms with E-state index in [-0.39, 0.29) is 6.04 Å². The molecule has 3 nitrogen and oxygen atoms in total. The molecule has 96 valence electrons. The summed E-state index contributed by atoms with van der Waals surface area (Å²) in [6.07, 6.45) is -3.78. The Hall–Kier alpha value is -1.11. The van der Waals surface area contributed by atoms with Gasteiger partial charge in [-0.3, -0.25) is 11.3 Å². The summed E-state index contributed by atoms with van der Waals surface area (Å²) in [4.78, 5) is 0. The van der Waals surface area contributed by atoms with Crippen LogP contribution >= 0.6 is 0 Å². The normalized spacial score (nSPS) is 13.7. The molecule has 0 aromatic heterocycles. The Balaban J connectivity index is 2.68. The Kier molecular flexibility index (Phi) is 4.92. The number of ether oxygens (including phenoxy) is 1. The quantitative estimate of drug-likeness (QED) is 0.616. The smallest absolute Gasteiger partial charge is 0.383 e. The molecular formula is C11H15F3N2O. The molecular weight excluding hydrogens is 233 g/mol. The van der Waals surface area contributed by atoms with E-state index in [0.29, 0.717) is 13.0 Å². The van der Waals surface area contributed by atoms with Crippen molar-refractivity contribution in [1.82, 2.24) is 5.43 Å². The van der Waals surface area contributed by atoms with Gasteiger partial charge in [-0.2, -0.15) is 13.2 Å². The van der Waals surface area contributed by atoms with Gasteiger partial charge in [0.25, 0.3) is 0 Å². The maximum absolute atomic E-state index is 12.3. The molecule has 17 heavy (non-hydrogen) atoms. The van der Waals surface area contributed by atoms with Gasteiger partial charge in [-0.1, -0.05) is 12.1 Å². The van der Waals surface area contributed by atoms with Crippen LogP contribution < -0.4 is 11.3 Å². The van der Waals surface area contributed by atoms with Crippen LogP contribution in [0.3, 0.4) is 0 Å². The Morgan fingerprint density at radius 2 is 1.88 bits per heavy atom. The van der Waals surface area contributed by atoms with Gasteiger partial charge in [0.1, 0.15) is 0 Å². The van der Waals surface area contributed by atoms with E-state index in [1.807, 2.05) is 0 Å². The van der Waals surface area contributed by atoms with E-state index in [4.69, 9.17) is 10.6 Å². The number of hydrogen-bond donors (Lipinski definition) is 2. The Labute approximate surface area is 97.7 Å². The van der Waals surface area contributed by atoms with Crippen LogP contribution in [0, 0.1) is 0 Å². The summed E-state index contributed by atoms with van der Waals surface area (Å²) < 4.78 is 41.9. The summed E-state index contributed by atoms with van der Waals surface area (Å²) in [5.41, 5.74) is 2.68. The zero-order valence-electron chi connectivity index (χ0n) is 9.42. The fourth-order valence-electron chi connectivity index (χ4n) is 1.48. The van der Waals surface area contributed by atoms with Gasteiger partial charge in [0.05, 0.1) is 12.2 Å². The molecule has 0 saturated heterocycles. The highest BCUT2D eigenvalue weighted by atomic mass is 19.4. The van der Waals surface area contributed by atoms with Crippen molar-refractivity contribution in [2.75, 3.05) is 13.7 Å². The lowest BCUT2D eigenvalue weighted by molar-refractivity contribution is -0.137. The molecule has 0 spiro atoms. The molecule has 0 aliphatic carbocycles. The minimum Gasteiger partial charge on any atom is -0.383 e. The molecule has 3 N–H and O–H groups in total. The van der Waals surface area contributed by atoms with Gasteiger partial charge in [0.2, 0.25) is 0 Å². The lowest BCUT2D eigenvalue weighted by Crippen LogP contribution is -2.40. The van der Waals surface area contributed by atoms with Crippen molar-refractivity contribution in [2.24, 2.45) is 5.84 Å². The topological polar surface area (TPSA) is 47.3 Å². The van der Waals surface area contributed by atoms with Crippen LogP contribution in [-0.2, 0) is 17.3 Å². The van der Waals surface area contributed by atoms with E-state index in [9.17, 15) is 13.2 Å². The minimum atomic E-state index is -4.30. The van der Waals surface area contributed by atoms with E-state index < -0.39 is 11.7 Å². The molecule has 1 unspecified atom stereocenters. The van der Waals surface area contributed by atoms with Crippen LogP contribution in [0.1, 0.15) is 11.1 Å². The van der Waals surface area contributed by atoms with Crippen molar-refractivity contribution in [3.63, 3.8) is 0 Å². The predicted octanol–water partition coefficient (Wildman–Crippen LogP) is 1.73. The fraction of sp³-hybridized carbons (Fsp3) is 0.455. The zero-order valence-corrected chi connectivity index (χ0v) is 9.42. The van der Waals surface area contributed by atoms with Crippen molar-refractivity contribution in [1.29, 1.82) is 0 Å². The van der Waals surface area contributed by atoms with Crippen LogP contribution in [0.15, 0.2) is 24.3 Å². The summed E-state index contributed by atoms with van der Waals surface area (Å²) in [6.45, 7) is 0.400. The monoisotopic (exact) mass is 248 g/mol. The molecule has 0 bridgehead atoms. The molecule has 6 heteroatoms. The van der Waals surface area contributed by atoms with Crippen molar-refractivity contribution >= 4 is 0 Å².